The van der Waals surface area contributed by atoms with E-state index >= 15 is 0 Å². The number of aromatic nitrogens is 1. The molecule has 1 aromatic heterocycles. The van der Waals surface area contributed by atoms with Gasteiger partial charge in [0.1, 0.15) is 5.82 Å². The molecule has 0 unspecified atom stereocenters. The van der Waals surface area contributed by atoms with E-state index in [9.17, 15) is 8.42 Å². The van der Waals surface area contributed by atoms with Crippen molar-refractivity contribution in [2.45, 2.75) is 26.2 Å². The third-order valence-corrected chi connectivity index (χ3v) is 3.70. The van der Waals surface area contributed by atoms with E-state index in [0.29, 0.717) is 11.5 Å². The Hall–Kier alpha value is -2.08. The number of anilines is 3. The summed E-state index contributed by atoms with van der Waals surface area (Å²) in [6, 6.07) is 11.6. The highest BCUT2D eigenvalue weighted by atomic mass is 32.2. The van der Waals surface area contributed by atoms with Gasteiger partial charge in [-0.25, -0.2) is 13.4 Å². The van der Waals surface area contributed by atoms with E-state index < -0.39 is 10.0 Å². The lowest BCUT2D eigenvalue weighted by Crippen LogP contribution is -2.10. The fourth-order valence-electron chi connectivity index (χ4n) is 1.94. The topological polar surface area (TPSA) is 71.1 Å². The Balaban J connectivity index is 2.08. The first-order valence-corrected chi connectivity index (χ1v) is 8.84. The number of rotatable bonds is 4. The van der Waals surface area contributed by atoms with Gasteiger partial charge in [0.2, 0.25) is 10.0 Å². The van der Waals surface area contributed by atoms with Crippen LogP contribution < -0.4 is 10.0 Å². The number of benzene rings is 1. The zero-order valence-corrected chi connectivity index (χ0v) is 14.0. The van der Waals surface area contributed by atoms with Gasteiger partial charge in [0.25, 0.3) is 0 Å². The average Bonchev–Trinajstić information content (AvgIpc) is 2.39. The van der Waals surface area contributed by atoms with Gasteiger partial charge in [-0.1, -0.05) is 32.9 Å². The minimum Gasteiger partial charge on any atom is -0.340 e. The molecule has 0 saturated heterocycles. The summed E-state index contributed by atoms with van der Waals surface area (Å²) in [6.07, 6.45) is 2.59. The number of hydrogen-bond acceptors (Lipinski definition) is 4. The summed E-state index contributed by atoms with van der Waals surface area (Å²) in [7, 11) is -3.28. The highest BCUT2D eigenvalue weighted by Crippen LogP contribution is 2.24. The molecule has 118 valence electrons. The fourth-order valence-corrected chi connectivity index (χ4v) is 2.49. The van der Waals surface area contributed by atoms with Crippen molar-refractivity contribution in [1.82, 2.24) is 4.98 Å². The van der Waals surface area contributed by atoms with Crippen LogP contribution in [0, 0.1) is 0 Å². The smallest absolute Gasteiger partial charge is 0.229 e. The molecule has 22 heavy (non-hydrogen) atoms. The second-order valence-electron chi connectivity index (χ2n) is 6.26. The molecule has 0 aliphatic rings. The molecule has 0 aliphatic carbocycles. The molecule has 0 spiro atoms. The number of nitrogens with one attached hydrogen (secondary N) is 2. The molecule has 0 amide bonds. The summed E-state index contributed by atoms with van der Waals surface area (Å²) < 4.78 is 24.6. The molecule has 0 radical (unpaired) electrons. The molecule has 0 fully saturated rings. The monoisotopic (exact) mass is 319 g/mol. The molecule has 2 aromatic rings. The largest absolute Gasteiger partial charge is 0.340 e. The minimum atomic E-state index is -3.28. The Morgan fingerprint density at radius 3 is 2.00 bits per heavy atom. The highest BCUT2D eigenvalue weighted by Gasteiger charge is 2.12. The van der Waals surface area contributed by atoms with Crippen LogP contribution in [0.4, 0.5) is 17.2 Å². The Morgan fingerprint density at radius 1 is 0.955 bits per heavy atom. The average molecular weight is 319 g/mol. The van der Waals surface area contributed by atoms with Gasteiger partial charge >= 0.3 is 0 Å². The van der Waals surface area contributed by atoms with Crippen LogP contribution in [0.5, 0.6) is 0 Å². The molecule has 2 N–H and O–H groups in total. The third kappa shape index (κ3) is 4.73. The maximum Gasteiger partial charge on any atom is 0.229 e. The number of sulfonamides is 1. The van der Waals surface area contributed by atoms with E-state index in [-0.39, 0.29) is 5.41 Å². The van der Waals surface area contributed by atoms with Crippen LogP contribution in [-0.4, -0.2) is 19.7 Å². The van der Waals surface area contributed by atoms with Crippen LogP contribution in [0.25, 0.3) is 0 Å². The van der Waals surface area contributed by atoms with Gasteiger partial charge in [-0.15, -0.1) is 0 Å². The Labute approximate surface area is 131 Å². The van der Waals surface area contributed by atoms with Crippen molar-refractivity contribution in [3.63, 3.8) is 0 Å². The van der Waals surface area contributed by atoms with Crippen molar-refractivity contribution in [3.8, 4) is 0 Å². The third-order valence-electron chi connectivity index (χ3n) is 3.09. The SMILES string of the molecule is CC(C)(C)c1ccc(Nc2ccc(NS(C)(=O)=O)cn2)cc1. The molecule has 0 bridgehead atoms. The standard InChI is InChI=1S/C16H21N3O2S/c1-16(2,3)12-5-7-13(8-6-12)18-15-10-9-14(11-17-15)19-22(4,20)21/h5-11,19H,1-4H3,(H,17,18). The first kappa shape index (κ1) is 16.3. The molecule has 0 aliphatic heterocycles. The number of nitrogens with zero attached hydrogens (tertiary/aromatic N) is 1. The summed E-state index contributed by atoms with van der Waals surface area (Å²) in [5, 5.41) is 3.18. The number of hydrogen-bond donors (Lipinski definition) is 2. The van der Waals surface area contributed by atoms with Crippen LogP contribution in [0.3, 0.4) is 0 Å². The molecule has 0 atom stereocenters. The Bertz CT molecular complexity index is 730. The Morgan fingerprint density at radius 2 is 1.55 bits per heavy atom. The fraction of sp³-hybridized carbons (Fsp3) is 0.312. The minimum absolute atomic E-state index is 0.121. The molecule has 1 heterocycles. The van der Waals surface area contributed by atoms with Gasteiger partial charge in [-0.2, -0.15) is 0 Å². The lowest BCUT2D eigenvalue weighted by molar-refractivity contribution is 0.590. The zero-order valence-electron chi connectivity index (χ0n) is 13.2. The van der Waals surface area contributed by atoms with Gasteiger partial charge < -0.3 is 5.32 Å². The van der Waals surface area contributed by atoms with Gasteiger partial charge in [-0.3, -0.25) is 4.72 Å². The maximum atomic E-state index is 11.1. The van der Waals surface area contributed by atoms with E-state index in [2.05, 4.69) is 47.9 Å². The van der Waals surface area contributed by atoms with E-state index in [0.717, 1.165) is 11.9 Å². The molecule has 1 aromatic carbocycles. The second kappa shape index (κ2) is 5.96. The quantitative estimate of drug-likeness (QED) is 0.905. The van der Waals surface area contributed by atoms with Gasteiger partial charge in [-0.05, 0) is 35.2 Å². The zero-order chi connectivity index (χ0) is 16.4. The van der Waals surface area contributed by atoms with E-state index in [1.54, 1.807) is 12.1 Å². The maximum absolute atomic E-state index is 11.1. The summed E-state index contributed by atoms with van der Waals surface area (Å²) in [5.41, 5.74) is 2.76. The van der Waals surface area contributed by atoms with Crippen LogP contribution in [-0.2, 0) is 15.4 Å². The van der Waals surface area contributed by atoms with Crippen LogP contribution in [0.1, 0.15) is 26.3 Å². The summed E-state index contributed by atoms with van der Waals surface area (Å²) in [6.45, 7) is 6.51. The summed E-state index contributed by atoms with van der Waals surface area (Å²) in [5.74, 6) is 0.655. The van der Waals surface area contributed by atoms with Crippen molar-refractivity contribution in [1.29, 1.82) is 0 Å². The van der Waals surface area contributed by atoms with Crippen LogP contribution >= 0.6 is 0 Å². The Kier molecular flexibility index (Phi) is 4.42. The molecule has 2 rings (SSSR count). The van der Waals surface area contributed by atoms with Crippen molar-refractivity contribution < 1.29 is 8.42 Å². The van der Waals surface area contributed by atoms with Gasteiger partial charge in [0.15, 0.2) is 0 Å². The predicted molar refractivity (Wildman–Crippen MR) is 91.1 cm³/mol. The number of pyridine rings is 1. The normalized spacial score (nSPS) is 12.0. The second-order valence-corrected chi connectivity index (χ2v) is 8.01. The predicted octanol–water partition coefficient (Wildman–Crippen LogP) is 3.49. The summed E-state index contributed by atoms with van der Waals surface area (Å²) >= 11 is 0. The van der Waals surface area contributed by atoms with Crippen molar-refractivity contribution >= 4 is 27.2 Å². The van der Waals surface area contributed by atoms with Gasteiger partial charge in [0.05, 0.1) is 18.1 Å². The lowest BCUT2D eigenvalue weighted by atomic mass is 9.87. The molecule has 0 saturated carbocycles. The van der Waals surface area contributed by atoms with E-state index in [4.69, 9.17) is 0 Å². The molecule has 5 nitrogen and oxygen atoms in total. The first-order chi connectivity index (χ1) is 10.1. The van der Waals surface area contributed by atoms with Crippen LogP contribution in [0.2, 0.25) is 0 Å². The van der Waals surface area contributed by atoms with Crippen molar-refractivity contribution in [2.75, 3.05) is 16.3 Å². The van der Waals surface area contributed by atoms with Crippen molar-refractivity contribution in [2.24, 2.45) is 0 Å². The van der Waals surface area contributed by atoms with Crippen molar-refractivity contribution in [3.05, 3.63) is 48.2 Å². The first-order valence-electron chi connectivity index (χ1n) is 6.95. The molecular weight excluding hydrogens is 298 g/mol. The lowest BCUT2D eigenvalue weighted by Gasteiger charge is -2.19. The molecular formula is C16H21N3O2S. The van der Waals surface area contributed by atoms with Crippen LogP contribution in [0.15, 0.2) is 42.6 Å². The van der Waals surface area contributed by atoms with E-state index in [1.165, 1.54) is 11.8 Å². The highest BCUT2D eigenvalue weighted by molar-refractivity contribution is 7.92. The molecule has 6 heteroatoms. The summed E-state index contributed by atoms with van der Waals surface area (Å²) in [4.78, 5) is 4.19. The van der Waals surface area contributed by atoms with E-state index in [1.807, 2.05) is 12.1 Å². The van der Waals surface area contributed by atoms with Gasteiger partial charge in [0, 0.05) is 5.69 Å².